The minimum atomic E-state index is -0.529. The fraction of sp³-hybridized carbons (Fsp3) is 0.238. The number of rotatable bonds is 8. The van der Waals surface area contributed by atoms with Crippen LogP contribution in [0.5, 0.6) is 0 Å². The lowest BCUT2D eigenvalue weighted by atomic mass is 10.1. The summed E-state index contributed by atoms with van der Waals surface area (Å²) in [6, 6.07) is 7.99. The van der Waals surface area contributed by atoms with Crippen LogP contribution >= 0.6 is 23.1 Å². The number of nitrogens with zero attached hydrogens (tertiary/aromatic N) is 2. The highest BCUT2D eigenvalue weighted by Gasteiger charge is 2.18. The monoisotopic (exact) mass is 443 g/mol. The molecule has 0 aliphatic rings. The molecule has 9 heteroatoms. The van der Waals surface area contributed by atoms with Gasteiger partial charge in [0, 0.05) is 17.5 Å². The molecule has 3 aromatic rings. The number of nitrogens with one attached hydrogen (secondary N) is 1. The van der Waals surface area contributed by atoms with E-state index in [1.165, 1.54) is 23.0 Å². The van der Waals surface area contributed by atoms with Gasteiger partial charge in [0.05, 0.1) is 18.2 Å². The normalized spacial score (nSPS) is 10.7. The number of carbonyl (C=O) groups excluding carboxylic acids is 2. The minimum Gasteiger partial charge on any atom is -0.468 e. The maximum Gasteiger partial charge on any atom is 0.325 e. The van der Waals surface area contributed by atoms with Crippen molar-refractivity contribution in [1.29, 1.82) is 0 Å². The summed E-state index contributed by atoms with van der Waals surface area (Å²) in [6.45, 7) is 5.81. The summed E-state index contributed by atoms with van der Waals surface area (Å²) in [5, 5.41) is 5.39. The molecule has 0 unspecified atom stereocenters. The Morgan fingerprint density at radius 2 is 2.07 bits per heavy atom. The number of thioether (sulfide) groups is 1. The highest BCUT2D eigenvalue weighted by molar-refractivity contribution is 7.99. The molecule has 1 aromatic carbocycles. The predicted octanol–water partition coefficient (Wildman–Crippen LogP) is 3.00. The number of allylic oxidation sites excluding steroid dienone is 1. The zero-order valence-corrected chi connectivity index (χ0v) is 18.3. The lowest BCUT2D eigenvalue weighted by Gasteiger charge is -2.11. The number of aromatic nitrogens is 2. The van der Waals surface area contributed by atoms with Crippen LogP contribution in [0.4, 0.5) is 0 Å². The first-order valence-electron chi connectivity index (χ1n) is 9.11. The molecule has 0 atom stereocenters. The third-order valence-corrected chi connectivity index (χ3v) is 6.17. The number of hydrogen-bond acceptors (Lipinski definition) is 7. The van der Waals surface area contributed by atoms with Crippen molar-refractivity contribution in [3.05, 3.63) is 58.2 Å². The number of aryl methyl sites for hydroxylation is 1. The van der Waals surface area contributed by atoms with E-state index >= 15 is 0 Å². The SMILES string of the molecule is C=CCn1c(SCC(=O)NCC(=O)OC)nc2scc(-c3ccc(C)cc3)c2c1=O. The lowest BCUT2D eigenvalue weighted by Crippen LogP contribution is -2.31. The Labute approximate surface area is 181 Å². The van der Waals surface area contributed by atoms with Gasteiger partial charge in [-0.25, -0.2) is 4.98 Å². The Bertz CT molecular complexity index is 1150. The van der Waals surface area contributed by atoms with Crippen LogP contribution in [0, 0.1) is 6.92 Å². The van der Waals surface area contributed by atoms with Gasteiger partial charge in [-0.15, -0.1) is 17.9 Å². The lowest BCUT2D eigenvalue weighted by molar-refractivity contribution is -0.140. The molecule has 0 radical (unpaired) electrons. The number of thiophene rings is 1. The number of ether oxygens (including phenoxy) is 1. The molecule has 0 aliphatic carbocycles. The molecule has 2 aromatic heterocycles. The van der Waals surface area contributed by atoms with Crippen molar-refractivity contribution >= 4 is 45.2 Å². The number of hydrogen-bond donors (Lipinski definition) is 1. The van der Waals surface area contributed by atoms with Gasteiger partial charge in [0.15, 0.2) is 5.16 Å². The van der Waals surface area contributed by atoms with Crippen LogP contribution in [0.1, 0.15) is 5.56 Å². The number of carbonyl (C=O) groups is 2. The third-order valence-electron chi connectivity index (χ3n) is 4.32. The molecule has 7 nitrogen and oxygen atoms in total. The van der Waals surface area contributed by atoms with Gasteiger partial charge in [-0.2, -0.15) is 0 Å². The molecular weight excluding hydrogens is 422 g/mol. The molecule has 2 heterocycles. The molecule has 1 amide bonds. The van der Waals surface area contributed by atoms with Gasteiger partial charge in [-0.1, -0.05) is 47.7 Å². The molecule has 0 saturated carbocycles. The van der Waals surface area contributed by atoms with E-state index in [9.17, 15) is 14.4 Å². The minimum absolute atomic E-state index is 0.0161. The molecule has 0 fully saturated rings. The molecule has 0 spiro atoms. The van der Waals surface area contributed by atoms with E-state index in [2.05, 4.69) is 21.6 Å². The molecule has 0 saturated heterocycles. The van der Waals surface area contributed by atoms with Gasteiger partial charge in [0.2, 0.25) is 5.91 Å². The van der Waals surface area contributed by atoms with E-state index in [1.54, 1.807) is 6.08 Å². The summed E-state index contributed by atoms with van der Waals surface area (Å²) >= 11 is 2.53. The van der Waals surface area contributed by atoms with E-state index in [-0.39, 0.29) is 30.3 Å². The molecule has 3 rings (SSSR count). The van der Waals surface area contributed by atoms with Gasteiger partial charge < -0.3 is 10.1 Å². The van der Waals surface area contributed by atoms with Crippen LogP contribution < -0.4 is 10.9 Å². The van der Waals surface area contributed by atoms with Crippen molar-refractivity contribution in [2.75, 3.05) is 19.4 Å². The summed E-state index contributed by atoms with van der Waals surface area (Å²) < 4.78 is 6.01. The Morgan fingerprint density at radius 1 is 1.33 bits per heavy atom. The maximum atomic E-state index is 13.3. The van der Waals surface area contributed by atoms with E-state index < -0.39 is 5.97 Å². The second-order valence-electron chi connectivity index (χ2n) is 6.44. The number of fused-ring (bicyclic) bond motifs is 1. The van der Waals surface area contributed by atoms with Gasteiger partial charge in [-0.3, -0.25) is 19.0 Å². The molecule has 0 aliphatic heterocycles. The van der Waals surface area contributed by atoms with Crippen molar-refractivity contribution in [2.24, 2.45) is 0 Å². The molecule has 30 heavy (non-hydrogen) atoms. The highest BCUT2D eigenvalue weighted by atomic mass is 32.2. The predicted molar refractivity (Wildman–Crippen MR) is 120 cm³/mol. The van der Waals surface area contributed by atoms with Crippen LogP contribution in [0.2, 0.25) is 0 Å². The van der Waals surface area contributed by atoms with Crippen molar-refractivity contribution in [3.63, 3.8) is 0 Å². The standard InChI is InChI=1S/C21H21N3O4S2/c1-4-9-24-20(27)18-15(14-7-5-13(2)6-8-14)11-29-19(18)23-21(24)30-12-16(25)22-10-17(26)28-3/h4-8,11H,1,9-10,12H2,2-3H3,(H,22,25). The van der Waals surface area contributed by atoms with Crippen molar-refractivity contribution in [1.82, 2.24) is 14.9 Å². The van der Waals surface area contributed by atoms with Gasteiger partial charge in [-0.05, 0) is 12.5 Å². The summed E-state index contributed by atoms with van der Waals surface area (Å²) in [5.74, 6) is -0.863. The van der Waals surface area contributed by atoms with Crippen LogP contribution in [-0.4, -0.2) is 40.8 Å². The first-order valence-corrected chi connectivity index (χ1v) is 11.0. The van der Waals surface area contributed by atoms with Crippen LogP contribution in [0.15, 0.2) is 52.3 Å². The Kier molecular flexibility index (Phi) is 7.07. The van der Waals surface area contributed by atoms with Gasteiger partial charge in [0.25, 0.3) is 5.56 Å². The first kappa shape index (κ1) is 21.8. The average Bonchev–Trinajstić information content (AvgIpc) is 3.17. The summed E-state index contributed by atoms with van der Waals surface area (Å²) in [7, 11) is 1.25. The highest BCUT2D eigenvalue weighted by Crippen LogP contribution is 2.32. The van der Waals surface area contributed by atoms with Crippen LogP contribution in [-0.2, 0) is 20.9 Å². The Hall–Kier alpha value is -2.91. The second-order valence-corrected chi connectivity index (χ2v) is 8.24. The van der Waals surface area contributed by atoms with Gasteiger partial charge >= 0.3 is 5.97 Å². The molecular formula is C21H21N3O4S2. The fourth-order valence-electron chi connectivity index (χ4n) is 2.78. The third kappa shape index (κ3) is 4.80. The number of esters is 1. The van der Waals surface area contributed by atoms with E-state index in [4.69, 9.17) is 0 Å². The average molecular weight is 444 g/mol. The van der Waals surface area contributed by atoms with Crippen LogP contribution in [0.3, 0.4) is 0 Å². The van der Waals surface area contributed by atoms with Crippen molar-refractivity contribution in [3.8, 4) is 11.1 Å². The quantitative estimate of drug-likeness (QED) is 0.249. The first-order chi connectivity index (χ1) is 14.4. The molecule has 156 valence electrons. The van der Waals surface area contributed by atoms with E-state index in [0.29, 0.717) is 15.4 Å². The summed E-state index contributed by atoms with van der Waals surface area (Å²) in [5.41, 5.74) is 2.77. The summed E-state index contributed by atoms with van der Waals surface area (Å²) in [6.07, 6.45) is 1.62. The van der Waals surface area contributed by atoms with Crippen molar-refractivity contribution < 1.29 is 14.3 Å². The van der Waals surface area contributed by atoms with Crippen LogP contribution in [0.25, 0.3) is 21.3 Å². The largest absolute Gasteiger partial charge is 0.468 e. The zero-order valence-electron chi connectivity index (χ0n) is 16.6. The zero-order chi connectivity index (χ0) is 21.7. The number of methoxy groups -OCH3 is 1. The van der Waals surface area contributed by atoms with E-state index in [0.717, 1.165) is 28.5 Å². The smallest absolute Gasteiger partial charge is 0.325 e. The summed E-state index contributed by atoms with van der Waals surface area (Å²) in [4.78, 5) is 41.7. The van der Waals surface area contributed by atoms with Gasteiger partial charge in [0.1, 0.15) is 11.4 Å². The number of benzene rings is 1. The Morgan fingerprint density at radius 3 is 2.73 bits per heavy atom. The Balaban J connectivity index is 1.92. The second kappa shape index (κ2) is 9.73. The fourth-order valence-corrected chi connectivity index (χ4v) is 4.60. The number of amides is 1. The molecule has 0 bridgehead atoms. The van der Waals surface area contributed by atoms with E-state index in [1.807, 2.05) is 36.6 Å². The maximum absolute atomic E-state index is 13.3. The molecule has 1 N–H and O–H groups in total. The van der Waals surface area contributed by atoms with Crippen molar-refractivity contribution in [2.45, 2.75) is 18.6 Å². The topological polar surface area (TPSA) is 90.3 Å².